The van der Waals surface area contributed by atoms with Crippen molar-refractivity contribution < 1.29 is 18.7 Å². The van der Waals surface area contributed by atoms with Crippen LogP contribution in [0, 0.1) is 5.82 Å². The summed E-state index contributed by atoms with van der Waals surface area (Å²) in [6, 6.07) is 11.0. The van der Waals surface area contributed by atoms with Crippen molar-refractivity contribution in [3.05, 3.63) is 58.9 Å². The minimum absolute atomic E-state index is 0.000437. The number of benzene rings is 2. The molecular weight excluding hydrogens is 365 g/mol. The minimum atomic E-state index is -0.648. The van der Waals surface area contributed by atoms with Crippen LogP contribution in [0.25, 0.3) is 0 Å². The number of amides is 1. The van der Waals surface area contributed by atoms with E-state index in [1.807, 2.05) is 6.92 Å². The molecule has 0 aliphatic rings. The lowest BCUT2D eigenvalue weighted by Crippen LogP contribution is -2.18. The van der Waals surface area contributed by atoms with Crippen LogP contribution in [0.4, 0.5) is 10.1 Å². The van der Waals surface area contributed by atoms with Crippen LogP contribution in [0.1, 0.15) is 23.7 Å². The van der Waals surface area contributed by atoms with E-state index in [0.29, 0.717) is 16.9 Å². The molecule has 0 saturated heterocycles. The van der Waals surface area contributed by atoms with Crippen molar-refractivity contribution in [2.75, 3.05) is 12.4 Å². The predicted molar refractivity (Wildman–Crippen MR) is 97.8 cm³/mol. The van der Waals surface area contributed by atoms with Crippen molar-refractivity contribution in [3.63, 3.8) is 0 Å². The van der Waals surface area contributed by atoms with E-state index in [0.717, 1.165) is 6.07 Å². The van der Waals surface area contributed by atoms with Gasteiger partial charge in [-0.3, -0.25) is 9.59 Å². The SMILES string of the molecule is CCC(Sc1cc(NC(=O)c2ccccc2)c(F)cc1Cl)C(=O)OC. The molecule has 0 heterocycles. The van der Waals surface area contributed by atoms with Crippen LogP contribution in [0.3, 0.4) is 0 Å². The Balaban J connectivity index is 2.25. The van der Waals surface area contributed by atoms with Gasteiger partial charge in [0.1, 0.15) is 11.1 Å². The summed E-state index contributed by atoms with van der Waals surface area (Å²) in [6.45, 7) is 1.84. The average Bonchev–Trinajstić information content (AvgIpc) is 2.63. The second kappa shape index (κ2) is 8.87. The summed E-state index contributed by atoms with van der Waals surface area (Å²) in [5.74, 6) is -1.47. The fourth-order valence-electron chi connectivity index (χ4n) is 2.08. The minimum Gasteiger partial charge on any atom is -0.468 e. The van der Waals surface area contributed by atoms with Gasteiger partial charge >= 0.3 is 5.97 Å². The maximum atomic E-state index is 14.2. The third-order valence-electron chi connectivity index (χ3n) is 3.41. The molecule has 2 aromatic rings. The third kappa shape index (κ3) is 4.96. The normalized spacial score (nSPS) is 11.7. The lowest BCUT2D eigenvalue weighted by Gasteiger charge is -2.15. The summed E-state index contributed by atoms with van der Waals surface area (Å²) < 4.78 is 18.9. The Kier molecular flexibility index (Phi) is 6.84. The van der Waals surface area contributed by atoms with E-state index >= 15 is 0 Å². The Morgan fingerprint density at radius 2 is 1.96 bits per heavy atom. The molecular formula is C18H17ClFNO3S. The van der Waals surface area contributed by atoms with Gasteiger partial charge in [0, 0.05) is 10.5 Å². The zero-order valence-corrected chi connectivity index (χ0v) is 15.3. The van der Waals surface area contributed by atoms with E-state index < -0.39 is 17.0 Å². The number of rotatable bonds is 6. The van der Waals surface area contributed by atoms with E-state index in [4.69, 9.17) is 16.3 Å². The highest BCUT2D eigenvalue weighted by atomic mass is 35.5. The van der Waals surface area contributed by atoms with Gasteiger partial charge in [-0.25, -0.2) is 4.39 Å². The highest BCUT2D eigenvalue weighted by Gasteiger charge is 2.21. The smallest absolute Gasteiger partial charge is 0.319 e. The first kappa shape index (κ1) is 19.3. The van der Waals surface area contributed by atoms with Crippen molar-refractivity contribution in [2.45, 2.75) is 23.5 Å². The fraction of sp³-hybridized carbons (Fsp3) is 0.222. The second-order valence-corrected chi connectivity index (χ2v) is 6.77. The van der Waals surface area contributed by atoms with Crippen molar-refractivity contribution in [1.82, 2.24) is 0 Å². The number of hydrogen-bond acceptors (Lipinski definition) is 4. The second-order valence-electron chi connectivity index (χ2n) is 5.12. The van der Waals surface area contributed by atoms with E-state index in [2.05, 4.69) is 5.32 Å². The summed E-state index contributed by atoms with van der Waals surface area (Å²) in [5.41, 5.74) is 0.410. The fourth-order valence-corrected chi connectivity index (χ4v) is 3.39. The molecule has 0 spiro atoms. The Morgan fingerprint density at radius 3 is 2.56 bits per heavy atom. The Morgan fingerprint density at radius 1 is 1.28 bits per heavy atom. The van der Waals surface area contributed by atoms with E-state index in [1.165, 1.54) is 24.9 Å². The first-order valence-corrected chi connectivity index (χ1v) is 8.82. The number of halogens is 2. The van der Waals surface area contributed by atoms with Crippen molar-refractivity contribution >= 4 is 40.9 Å². The van der Waals surface area contributed by atoms with Crippen molar-refractivity contribution in [3.8, 4) is 0 Å². The summed E-state index contributed by atoms with van der Waals surface area (Å²) in [6.07, 6.45) is 0.525. The molecule has 132 valence electrons. The number of thioether (sulfide) groups is 1. The monoisotopic (exact) mass is 381 g/mol. The van der Waals surface area contributed by atoms with Gasteiger partial charge in [-0.05, 0) is 30.7 Å². The average molecular weight is 382 g/mol. The predicted octanol–water partition coefficient (Wildman–Crippen LogP) is 4.78. The van der Waals surface area contributed by atoms with Gasteiger partial charge in [-0.2, -0.15) is 0 Å². The molecule has 0 bridgehead atoms. The molecule has 1 atom stereocenters. The molecule has 1 unspecified atom stereocenters. The van der Waals surface area contributed by atoms with Crippen LogP contribution >= 0.6 is 23.4 Å². The standard InChI is InChI=1S/C18H17ClFNO3S/c1-3-15(18(23)24-2)25-16-10-14(13(20)9-12(16)19)21-17(22)11-7-5-4-6-8-11/h4-10,15H,3H2,1-2H3,(H,21,22). The zero-order chi connectivity index (χ0) is 18.4. The number of ether oxygens (including phenoxy) is 1. The molecule has 0 radical (unpaired) electrons. The molecule has 1 N–H and O–H groups in total. The molecule has 0 aliphatic heterocycles. The number of anilines is 1. The maximum Gasteiger partial charge on any atom is 0.319 e. The molecule has 4 nitrogen and oxygen atoms in total. The number of nitrogens with one attached hydrogen (secondary N) is 1. The van der Waals surface area contributed by atoms with Crippen molar-refractivity contribution in [1.29, 1.82) is 0 Å². The number of methoxy groups -OCH3 is 1. The summed E-state index contributed by atoms with van der Waals surface area (Å²) in [7, 11) is 1.31. The van der Waals surface area contributed by atoms with Crippen LogP contribution in [0.5, 0.6) is 0 Å². The highest BCUT2D eigenvalue weighted by Crippen LogP contribution is 2.35. The van der Waals surface area contributed by atoms with Gasteiger partial charge < -0.3 is 10.1 Å². The van der Waals surface area contributed by atoms with Crippen LogP contribution in [0.2, 0.25) is 5.02 Å². The molecule has 1 amide bonds. The van der Waals surface area contributed by atoms with Crippen LogP contribution in [0.15, 0.2) is 47.4 Å². The Labute approximate surface area is 154 Å². The molecule has 0 fully saturated rings. The summed E-state index contributed by atoms with van der Waals surface area (Å²) in [4.78, 5) is 24.4. The topological polar surface area (TPSA) is 55.4 Å². The maximum absolute atomic E-state index is 14.2. The molecule has 2 aromatic carbocycles. The van der Waals surface area contributed by atoms with Gasteiger partial charge in [0.15, 0.2) is 0 Å². The van der Waals surface area contributed by atoms with Gasteiger partial charge in [0.05, 0.1) is 17.8 Å². The third-order valence-corrected chi connectivity index (χ3v) is 5.24. The Bertz CT molecular complexity index is 770. The van der Waals surface area contributed by atoms with Crippen LogP contribution in [-0.4, -0.2) is 24.2 Å². The van der Waals surface area contributed by atoms with Crippen LogP contribution < -0.4 is 5.32 Å². The lowest BCUT2D eigenvalue weighted by molar-refractivity contribution is -0.140. The molecule has 2 rings (SSSR count). The zero-order valence-electron chi connectivity index (χ0n) is 13.7. The number of hydrogen-bond donors (Lipinski definition) is 1. The Hall–Kier alpha value is -2.05. The number of carbonyl (C=O) groups is 2. The molecule has 0 saturated carbocycles. The van der Waals surface area contributed by atoms with Gasteiger partial charge in [0.25, 0.3) is 5.91 Å². The first-order chi connectivity index (χ1) is 12.0. The number of carbonyl (C=O) groups excluding carboxylic acids is 2. The largest absolute Gasteiger partial charge is 0.468 e. The van der Waals surface area contributed by atoms with E-state index in [-0.39, 0.29) is 16.7 Å². The summed E-state index contributed by atoms with van der Waals surface area (Å²) >= 11 is 7.25. The molecule has 0 aromatic heterocycles. The molecule has 25 heavy (non-hydrogen) atoms. The van der Waals surface area contributed by atoms with Crippen LogP contribution in [-0.2, 0) is 9.53 Å². The van der Waals surface area contributed by atoms with Crippen molar-refractivity contribution in [2.24, 2.45) is 0 Å². The van der Waals surface area contributed by atoms with Gasteiger partial charge in [-0.1, -0.05) is 36.7 Å². The summed E-state index contributed by atoms with van der Waals surface area (Å²) in [5, 5.41) is 2.23. The molecule has 7 heteroatoms. The van der Waals surface area contributed by atoms with E-state index in [9.17, 15) is 14.0 Å². The highest BCUT2D eigenvalue weighted by molar-refractivity contribution is 8.00. The lowest BCUT2D eigenvalue weighted by atomic mass is 10.2. The molecule has 0 aliphatic carbocycles. The first-order valence-electron chi connectivity index (χ1n) is 7.56. The van der Waals surface area contributed by atoms with Gasteiger partial charge in [0.2, 0.25) is 0 Å². The quantitative estimate of drug-likeness (QED) is 0.578. The van der Waals surface area contributed by atoms with E-state index in [1.54, 1.807) is 30.3 Å². The van der Waals surface area contributed by atoms with Gasteiger partial charge in [-0.15, -0.1) is 11.8 Å². The number of esters is 1.